The summed E-state index contributed by atoms with van der Waals surface area (Å²) in [6.45, 7) is 4.06. The average molecular weight is 696 g/mol. The Hall–Kier alpha value is -3.42. The average Bonchev–Trinajstić information content (AvgIpc) is 3.23. The molecule has 13 heteroatoms. The monoisotopic (exact) mass is 694 g/mol. The number of rotatable bonds is 10. The molecule has 1 aliphatic heterocycles. The van der Waals surface area contributed by atoms with Gasteiger partial charge in [-0.1, -0.05) is 17.4 Å². The Morgan fingerprint density at radius 3 is 2.38 bits per heavy atom. The molecule has 4 rings (SSSR count). The molecule has 0 fully saturated rings. The number of carbonyl (C=O) groups excluding carboxylic acids is 1. The fourth-order valence-corrected chi connectivity index (χ4v) is 6.49. The van der Waals surface area contributed by atoms with Crippen LogP contribution in [0.25, 0.3) is 6.08 Å². The number of thiazole rings is 1. The van der Waals surface area contributed by atoms with Crippen molar-refractivity contribution in [3.05, 3.63) is 81.9 Å². The smallest absolute Gasteiger partial charge is 0.341 e. The van der Waals surface area contributed by atoms with Crippen LogP contribution in [0.5, 0.6) is 17.2 Å². The van der Waals surface area contributed by atoms with Crippen LogP contribution in [0.15, 0.2) is 60.8 Å². The quantitative estimate of drug-likeness (QED) is 0.318. The molecule has 1 aliphatic rings. The maximum atomic E-state index is 13.8. The van der Waals surface area contributed by atoms with E-state index in [0.29, 0.717) is 59.9 Å². The number of carboxylic acid groups (broad SMARTS) is 1. The number of esters is 1. The molecule has 210 valence electrons. The summed E-state index contributed by atoms with van der Waals surface area (Å²) in [7, 11) is 1.27. The third-order valence-corrected chi connectivity index (χ3v) is 7.84. The molecule has 10 nitrogen and oxygen atoms in total. The third-order valence-electron chi connectivity index (χ3n) is 5.67. The van der Waals surface area contributed by atoms with Gasteiger partial charge in [0.05, 0.1) is 45.4 Å². The number of benzene rings is 2. The molecule has 1 N–H and O–H groups in total. The second-order valence-corrected chi connectivity index (χ2v) is 11.0. The van der Waals surface area contributed by atoms with E-state index in [2.05, 4.69) is 36.9 Å². The highest BCUT2D eigenvalue weighted by atomic mass is 79.9. The first-order valence-electron chi connectivity index (χ1n) is 12.0. The van der Waals surface area contributed by atoms with Gasteiger partial charge in [-0.05, 0) is 87.2 Å². The Morgan fingerprint density at radius 2 is 1.75 bits per heavy atom. The standard InChI is InChI=1S/C27H24Br2N2O8S/c1-4-37-19-7-6-15(11-20(19)38-5-2)23-16(26(35)36-3)12-30-27-31(23)25(34)21(40-27)10-14-8-17(28)24(18(29)9-14)39-13-22(32)33/h6-12,23H,4-5,13H2,1-3H3,(H,32,33)/b21-10-/t23-/m0/s1. The van der Waals surface area contributed by atoms with Gasteiger partial charge in [-0.3, -0.25) is 9.36 Å². The molecule has 0 bridgehead atoms. The summed E-state index contributed by atoms with van der Waals surface area (Å²) in [6.07, 6.45) is 3.10. The van der Waals surface area contributed by atoms with Crippen LogP contribution in [0, 0.1) is 0 Å². The van der Waals surface area contributed by atoms with E-state index in [1.165, 1.54) is 29.2 Å². The van der Waals surface area contributed by atoms with Crippen LogP contribution in [-0.2, 0) is 14.3 Å². The normalized spacial score (nSPS) is 14.6. The number of aliphatic carboxylic acids is 1. The molecule has 0 unspecified atom stereocenters. The van der Waals surface area contributed by atoms with E-state index in [1.807, 2.05) is 13.8 Å². The van der Waals surface area contributed by atoms with E-state index in [-0.39, 0.29) is 11.1 Å². The molecule has 0 saturated carbocycles. The van der Waals surface area contributed by atoms with Crippen LogP contribution in [0.2, 0.25) is 0 Å². The Morgan fingerprint density at radius 1 is 1.07 bits per heavy atom. The van der Waals surface area contributed by atoms with Gasteiger partial charge in [-0.2, -0.15) is 0 Å². The van der Waals surface area contributed by atoms with Crippen LogP contribution in [0.1, 0.15) is 31.0 Å². The first kappa shape index (κ1) is 29.6. The minimum Gasteiger partial charge on any atom is -0.490 e. The first-order chi connectivity index (χ1) is 19.2. The van der Waals surface area contributed by atoms with Crippen LogP contribution in [0.4, 0.5) is 0 Å². The fourth-order valence-electron chi connectivity index (χ4n) is 4.07. The minimum absolute atomic E-state index is 0.193. The Kier molecular flexibility index (Phi) is 9.48. The zero-order valence-corrected chi connectivity index (χ0v) is 25.6. The van der Waals surface area contributed by atoms with E-state index in [0.717, 1.165) is 0 Å². The van der Waals surface area contributed by atoms with Crippen molar-refractivity contribution >= 4 is 61.2 Å². The number of hydrogen-bond acceptors (Lipinski definition) is 9. The summed E-state index contributed by atoms with van der Waals surface area (Å²) in [5.41, 5.74) is 1.11. The summed E-state index contributed by atoms with van der Waals surface area (Å²) in [4.78, 5) is 42.2. The zero-order chi connectivity index (χ0) is 29.0. The summed E-state index contributed by atoms with van der Waals surface area (Å²) in [5, 5.41) is 8.92. The number of halogens is 2. The van der Waals surface area contributed by atoms with Crippen molar-refractivity contribution < 1.29 is 33.6 Å². The summed E-state index contributed by atoms with van der Waals surface area (Å²) < 4.78 is 24.6. The molecule has 2 heterocycles. The highest BCUT2D eigenvalue weighted by Crippen LogP contribution is 2.36. The molecule has 0 radical (unpaired) electrons. The second kappa shape index (κ2) is 12.8. The Bertz CT molecular complexity index is 1660. The topological polar surface area (TPSA) is 126 Å². The number of carbonyl (C=O) groups is 2. The van der Waals surface area contributed by atoms with Gasteiger partial charge in [-0.15, -0.1) is 0 Å². The summed E-state index contributed by atoms with van der Waals surface area (Å²) in [5.74, 6) is -0.351. The molecule has 0 saturated heterocycles. The van der Waals surface area contributed by atoms with Crippen molar-refractivity contribution in [2.24, 2.45) is 4.99 Å². The van der Waals surface area contributed by atoms with E-state index < -0.39 is 24.6 Å². The van der Waals surface area contributed by atoms with E-state index >= 15 is 0 Å². The molecule has 1 aromatic heterocycles. The predicted molar refractivity (Wildman–Crippen MR) is 155 cm³/mol. The lowest BCUT2D eigenvalue weighted by Crippen LogP contribution is -2.39. The largest absolute Gasteiger partial charge is 0.490 e. The third kappa shape index (κ3) is 6.16. The van der Waals surface area contributed by atoms with Crippen LogP contribution >= 0.6 is 43.2 Å². The van der Waals surface area contributed by atoms with Crippen LogP contribution in [-0.4, -0.2) is 48.5 Å². The lowest BCUT2D eigenvalue weighted by molar-refractivity contribution is -0.139. The molecule has 3 aromatic rings. The zero-order valence-electron chi connectivity index (χ0n) is 21.6. The fraction of sp³-hybridized carbons (Fsp3) is 0.259. The van der Waals surface area contributed by atoms with Crippen molar-refractivity contribution in [1.82, 2.24) is 4.57 Å². The van der Waals surface area contributed by atoms with E-state index in [4.69, 9.17) is 24.1 Å². The van der Waals surface area contributed by atoms with Gasteiger partial charge in [0.2, 0.25) is 0 Å². The summed E-state index contributed by atoms with van der Waals surface area (Å²) in [6, 6.07) is 7.88. The van der Waals surface area contributed by atoms with E-state index in [9.17, 15) is 14.4 Å². The van der Waals surface area contributed by atoms with Crippen molar-refractivity contribution in [3.8, 4) is 17.2 Å². The Balaban J connectivity index is 1.84. The molecule has 0 amide bonds. The van der Waals surface area contributed by atoms with Gasteiger partial charge >= 0.3 is 11.9 Å². The van der Waals surface area contributed by atoms with E-state index in [1.54, 1.807) is 36.4 Å². The van der Waals surface area contributed by atoms with Gasteiger partial charge in [0.1, 0.15) is 5.75 Å². The minimum atomic E-state index is -1.11. The highest BCUT2D eigenvalue weighted by molar-refractivity contribution is 9.11. The number of fused-ring (bicyclic) bond motifs is 1. The number of nitrogens with zero attached hydrogens (tertiary/aromatic N) is 2. The Labute approximate surface area is 249 Å². The molecule has 0 aliphatic carbocycles. The number of aromatic nitrogens is 1. The van der Waals surface area contributed by atoms with Crippen molar-refractivity contribution in [3.63, 3.8) is 0 Å². The number of carboxylic acids is 1. The highest BCUT2D eigenvalue weighted by Gasteiger charge is 2.31. The summed E-state index contributed by atoms with van der Waals surface area (Å²) >= 11 is 7.96. The molecular formula is C27H24Br2N2O8S. The predicted octanol–water partition coefficient (Wildman–Crippen LogP) is 3.80. The maximum Gasteiger partial charge on any atom is 0.341 e. The van der Waals surface area contributed by atoms with Crippen LogP contribution in [0.3, 0.4) is 0 Å². The molecular weight excluding hydrogens is 672 g/mol. The van der Waals surface area contributed by atoms with Crippen molar-refractivity contribution in [2.75, 3.05) is 26.9 Å². The number of ether oxygens (including phenoxy) is 4. The van der Waals surface area contributed by atoms with Gasteiger partial charge < -0.3 is 24.1 Å². The van der Waals surface area contributed by atoms with Crippen molar-refractivity contribution in [1.29, 1.82) is 0 Å². The number of hydrogen-bond donors (Lipinski definition) is 1. The number of methoxy groups -OCH3 is 1. The van der Waals surface area contributed by atoms with Gasteiger partial charge in [0.15, 0.2) is 22.9 Å². The maximum absolute atomic E-state index is 13.8. The van der Waals surface area contributed by atoms with Gasteiger partial charge in [-0.25, -0.2) is 14.6 Å². The van der Waals surface area contributed by atoms with Gasteiger partial charge in [0, 0.05) is 6.20 Å². The second-order valence-electron chi connectivity index (χ2n) is 8.24. The lowest BCUT2D eigenvalue weighted by atomic mass is 9.97. The SMILES string of the molecule is CCOc1ccc([C@H]2C(C(=O)OC)=CN=c3s/c(=C\c4cc(Br)c(OCC(=O)O)c(Br)c4)c(=O)n32)cc1OCC. The van der Waals surface area contributed by atoms with Crippen LogP contribution < -0.4 is 29.1 Å². The molecule has 2 aromatic carbocycles. The lowest BCUT2D eigenvalue weighted by Gasteiger charge is -2.23. The molecule has 0 spiro atoms. The molecule has 1 atom stereocenters. The van der Waals surface area contributed by atoms with Gasteiger partial charge in [0.25, 0.3) is 5.56 Å². The molecule has 40 heavy (non-hydrogen) atoms. The first-order valence-corrected chi connectivity index (χ1v) is 14.4. The van der Waals surface area contributed by atoms with Crippen molar-refractivity contribution in [2.45, 2.75) is 19.9 Å².